The van der Waals surface area contributed by atoms with Crippen molar-refractivity contribution in [2.24, 2.45) is 0 Å². The smallest absolute Gasteiger partial charge is 0.215 e. The summed E-state index contributed by atoms with van der Waals surface area (Å²) in [5.41, 5.74) is -0.654. The first kappa shape index (κ1) is 50.6. The maximum Gasteiger partial charge on any atom is 0.215 e. The lowest BCUT2D eigenvalue weighted by Gasteiger charge is -2.13. The van der Waals surface area contributed by atoms with E-state index >= 15 is 0 Å². The van der Waals surface area contributed by atoms with Gasteiger partial charge in [-0.15, -0.1) is 0 Å². The molecule has 0 atom stereocenters. The number of phenols is 4. The predicted molar refractivity (Wildman–Crippen MR) is 261 cm³/mol. The topological polar surface area (TPSA) is 191 Å². The molecule has 23 heteroatoms. The molecule has 4 aromatic heterocycles. The summed E-state index contributed by atoms with van der Waals surface area (Å²) in [4.78, 5) is 58.5. The minimum atomic E-state index is -0.807. The molecule has 6 N–H and O–H groups in total. The van der Waals surface area contributed by atoms with Gasteiger partial charge in [-0.1, -0.05) is 122 Å². The lowest BCUT2D eigenvalue weighted by Crippen LogP contribution is -2.13. The number of nitrogens with zero attached hydrogens (tertiary/aromatic N) is 2. The largest absolute Gasteiger partial charge is 0.507 e. The number of aromatic nitrogens is 4. The average molecular weight is 1120 g/mol. The Morgan fingerprint density at radius 2 is 0.824 bits per heavy atom. The number of hydrogen-bond acceptors (Lipinski definition) is 8. The molecule has 68 heavy (non-hydrogen) atoms. The Hall–Kier alpha value is -5.29. The van der Waals surface area contributed by atoms with Gasteiger partial charge in [-0.3, -0.25) is 28.3 Å². The fraction of sp³-hybridized carbons (Fsp3) is 0.0222. The fourth-order valence-electron chi connectivity index (χ4n) is 6.78. The molecule has 0 saturated carbocycles. The van der Waals surface area contributed by atoms with E-state index in [1.807, 2.05) is 0 Å². The monoisotopic (exact) mass is 1120 g/mol. The van der Waals surface area contributed by atoms with Gasteiger partial charge in [-0.05, 0) is 85.3 Å². The quantitative estimate of drug-likeness (QED) is 0.0729. The molecule has 0 aliphatic rings. The van der Waals surface area contributed by atoms with Crippen molar-refractivity contribution in [1.82, 2.24) is 19.1 Å². The van der Waals surface area contributed by atoms with Gasteiger partial charge in [0.2, 0.25) is 23.1 Å². The summed E-state index contributed by atoms with van der Waals surface area (Å²) < 4.78 is 15.7. The summed E-state index contributed by atoms with van der Waals surface area (Å²) >= 11 is 62.1. The first-order chi connectivity index (χ1) is 32.0. The van der Waals surface area contributed by atoms with Gasteiger partial charge in [0.15, 0.2) is 0 Å². The number of aromatic amines is 2. The van der Waals surface area contributed by atoms with Gasteiger partial charge in [0.1, 0.15) is 70.9 Å². The van der Waals surface area contributed by atoms with Crippen LogP contribution in [-0.2, 0) is 0 Å². The standard InChI is InChI=1S/C23H13Cl4FN2O4.C22H10Cl6N2O4/c1-9-2-4-11(15(31)6-9)20(33)14-8-13(24)23(27)30(14)19-17(25)22(26)29-18(19)21(34)12-5-3-10(28)7-16(12)32;23-8-1-3-10(14(31)5-8)19(33)13-7-12(25)22(28)30(13)18-16(26)21(27)29-17(18)20(34)11-4-2-9(24)6-15(11)32/h2-8,29,31-32H,1H3;1-7,29,31-32H. The third-order valence-electron chi connectivity index (χ3n) is 9.92. The van der Waals surface area contributed by atoms with E-state index in [0.29, 0.717) is 0 Å². The second-order valence-electron chi connectivity index (χ2n) is 14.3. The van der Waals surface area contributed by atoms with Crippen molar-refractivity contribution >= 4 is 139 Å². The van der Waals surface area contributed by atoms with E-state index < -0.39 is 34.7 Å². The zero-order valence-corrected chi connectivity index (χ0v) is 41.1. The molecule has 348 valence electrons. The molecule has 0 fully saturated rings. The number of aryl methyl sites for hydroxylation is 1. The number of rotatable bonds is 10. The third-order valence-corrected chi connectivity index (χ3v) is 13.4. The molecule has 8 aromatic rings. The molecule has 0 amide bonds. The highest BCUT2D eigenvalue weighted by molar-refractivity contribution is 6.46. The third kappa shape index (κ3) is 9.53. The minimum absolute atomic E-state index is 0.0281. The molecule has 4 aromatic carbocycles. The normalized spacial score (nSPS) is 11.1. The van der Waals surface area contributed by atoms with E-state index in [4.69, 9.17) is 116 Å². The van der Waals surface area contributed by atoms with Crippen LogP contribution in [0.3, 0.4) is 0 Å². The number of carbonyl (C=O) groups excluding carboxylic acids is 4. The number of hydrogen-bond donors (Lipinski definition) is 6. The van der Waals surface area contributed by atoms with Crippen LogP contribution in [-0.4, -0.2) is 62.7 Å². The van der Waals surface area contributed by atoms with E-state index in [0.717, 1.165) is 32.9 Å². The Morgan fingerprint density at radius 1 is 0.471 bits per heavy atom. The second kappa shape index (κ2) is 20.0. The average Bonchev–Trinajstić information content (AvgIpc) is 3.94. The van der Waals surface area contributed by atoms with E-state index in [1.165, 1.54) is 60.7 Å². The van der Waals surface area contributed by atoms with E-state index in [2.05, 4.69) is 9.97 Å². The number of ketones is 4. The molecule has 0 bridgehead atoms. The van der Waals surface area contributed by atoms with Crippen LogP contribution in [0.2, 0.25) is 50.7 Å². The van der Waals surface area contributed by atoms with Crippen LogP contribution >= 0.6 is 116 Å². The van der Waals surface area contributed by atoms with Crippen LogP contribution in [0.4, 0.5) is 4.39 Å². The molecule has 0 saturated heterocycles. The first-order valence-electron chi connectivity index (χ1n) is 18.7. The van der Waals surface area contributed by atoms with Crippen molar-refractivity contribution in [3.05, 3.63) is 192 Å². The Bertz CT molecular complexity index is 2990. The molecule has 4 heterocycles. The Balaban J connectivity index is 0.000000201. The Kier molecular flexibility index (Phi) is 14.9. The SMILES string of the molecule is Cc1ccc(C(=O)c2cc(Cl)c(Cl)n2-c2c(C(=O)c3ccc(F)cc3O)[nH]c(Cl)c2Cl)c(O)c1.O=C(c1ccc(Cl)cc1O)c1[nH]c(Cl)c(Cl)c1-n1c(C(=O)c2ccc(Cl)cc2O)cc(Cl)c1Cl. The van der Waals surface area contributed by atoms with Gasteiger partial charge in [0, 0.05) is 16.1 Å². The molecule has 0 unspecified atom stereocenters. The number of halogens is 11. The van der Waals surface area contributed by atoms with Crippen LogP contribution in [0.25, 0.3) is 11.4 Å². The van der Waals surface area contributed by atoms with E-state index in [1.54, 1.807) is 13.0 Å². The zero-order valence-electron chi connectivity index (χ0n) is 33.6. The molecule has 0 spiro atoms. The van der Waals surface area contributed by atoms with Crippen LogP contribution in [0.5, 0.6) is 23.0 Å². The number of nitrogens with one attached hydrogen (secondary N) is 2. The van der Waals surface area contributed by atoms with Crippen molar-refractivity contribution in [3.8, 4) is 34.4 Å². The van der Waals surface area contributed by atoms with E-state index in [-0.39, 0.29) is 124 Å². The van der Waals surface area contributed by atoms with Crippen LogP contribution < -0.4 is 0 Å². The Labute approximate surface area is 432 Å². The van der Waals surface area contributed by atoms with Crippen molar-refractivity contribution in [2.75, 3.05) is 0 Å². The highest BCUT2D eigenvalue weighted by Gasteiger charge is 2.33. The van der Waals surface area contributed by atoms with Gasteiger partial charge < -0.3 is 30.4 Å². The Morgan fingerprint density at radius 3 is 1.21 bits per heavy atom. The van der Waals surface area contributed by atoms with Gasteiger partial charge in [0.25, 0.3) is 0 Å². The maximum atomic E-state index is 13.4. The van der Waals surface area contributed by atoms with Crippen LogP contribution in [0, 0.1) is 12.7 Å². The van der Waals surface area contributed by atoms with Crippen LogP contribution in [0.1, 0.15) is 69.8 Å². The summed E-state index contributed by atoms with van der Waals surface area (Å²) in [6.07, 6.45) is 0. The molecular weight excluding hydrogens is 1100 g/mol. The fourth-order valence-corrected chi connectivity index (χ4v) is 8.77. The van der Waals surface area contributed by atoms with Crippen molar-refractivity contribution in [2.45, 2.75) is 6.92 Å². The number of benzene rings is 4. The highest BCUT2D eigenvalue weighted by atomic mass is 35.5. The lowest BCUT2D eigenvalue weighted by molar-refractivity contribution is 0.101. The predicted octanol–water partition coefficient (Wildman–Crippen LogP) is 14.3. The van der Waals surface area contributed by atoms with Gasteiger partial charge >= 0.3 is 0 Å². The number of H-pyrrole nitrogens is 2. The highest BCUT2D eigenvalue weighted by Crippen LogP contribution is 2.43. The molecule has 0 radical (unpaired) electrons. The van der Waals surface area contributed by atoms with Gasteiger partial charge in [-0.25, -0.2) is 4.39 Å². The number of aromatic hydroxyl groups is 4. The minimum Gasteiger partial charge on any atom is -0.507 e. The van der Waals surface area contributed by atoms with Crippen molar-refractivity contribution < 1.29 is 44.0 Å². The van der Waals surface area contributed by atoms with Gasteiger partial charge in [0.05, 0.1) is 55.1 Å². The zero-order chi connectivity index (χ0) is 49.8. The number of phenolic OH excluding ortho intramolecular Hbond substituents is 4. The van der Waals surface area contributed by atoms with Crippen molar-refractivity contribution in [3.63, 3.8) is 0 Å². The molecule has 12 nitrogen and oxygen atoms in total. The summed E-state index contributed by atoms with van der Waals surface area (Å²) in [6, 6.07) is 17.7. The summed E-state index contributed by atoms with van der Waals surface area (Å²) in [6.45, 7) is 1.74. The molecule has 8 rings (SSSR count). The molecular formula is C45H23Cl10FN4O8. The van der Waals surface area contributed by atoms with Crippen LogP contribution in [0.15, 0.2) is 84.9 Å². The molecule has 0 aliphatic heterocycles. The number of carbonyl (C=O) groups is 4. The summed E-state index contributed by atoms with van der Waals surface area (Å²) in [5.74, 6) is -5.27. The maximum absolute atomic E-state index is 13.4. The second-order valence-corrected chi connectivity index (χ2v) is 18.2. The first-order valence-corrected chi connectivity index (χ1v) is 22.5. The summed E-state index contributed by atoms with van der Waals surface area (Å²) in [7, 11) is 0. The van der Waals surface area contributed by atoms with E-state index in [9.17, 15) is 44.0 Å². The van der Waals surface area contributed by atoms with Crippen molar-refractivity contribution in [1.29, 1.82) is 0 Å². The summed E-state index contributed by atoms with van der Waals surface area (Å²) in [5, 5.41) is 40.3. The molecule has 0 aliphatic carbocycles. The lowest BCUT2D eigenvalue weighted by atomic mass is 10.0. The van der Waals surface area contributed by atoms with Gasteiger partial charge in [-0.2, -0.15) is 0 Å².